The van der Waals surface area contributed by atoms with Gasteiger partial charge < -0.3 is 21.3 Å². The maximum Gasteiger partial charge on any atom is 0.274 e. The summed E-state index contributed by atoms with van der Waals surface area (Å²) in [5, 5.41) is 24.6. The molecule has 1 rings (SSSR count). The zero-order chi connectivity index (χ0) is 12.3. The van der Waals surface area contributed by atoms with Crippen LogP contribution in [0.5, 0.6) is 0 Å². The van der Waals surface area contributed by atoms with Crippen LogP contribution in [0, 0.1) is 0 Å². The van der Waals surface area contributed by atoms with Crippen LogP contribution in [0.4, 0.5) is 5.69 Å². The van der Waals surface area contributed by atoms with Gasteiger partial charge in [-0.3, -0.25) is 9.48 Å². The highest BCUT2D eigenvalue weighted by Crippen LogP contribution is 2.08. The van der Waals surface area contributed by atoms with Crippen LogP contribution in [0.25, 0.3) is 0 Å². The Morgan fingerprint density at radius 2 is 2.38 bits per heavy atom. The molecule has 1 aromatic rings. The van der Waals surface area contributed by atoms with Crippen molar-refractivity contribution in [3.05, 3.63) is 11.9 Å². The van der Waals surface area contributed by atoms with Crippen LogP contribution >= 0.6 is 0 Å². The minimum absolute atomic E-state index is 0.0711. The molecule has 1 amide bonds. The number of carbonyl (C=O) groups excluding carboxylic acids is 1. The molecule has 0 bridgehead atoms. The van der Waals surface area contributed by atoms with E-state index < -0.39 is 18.1 Å². The van der Waals surface area contributed by atoms with Gasteiger partial charge in [-0.05, 0) is 6.92 Å². The first-order valence-electron chi connectivity index (χ1n) is 4.76. The SMILES string of the molecule is Cn1cc(N)c(C(=O)NCC(C)(O)CO)n1. The van der Waals surface area contributed by atoms with Crippen molar-refractivity contribution >= 4 is 11.6 Å². The summed E-state index contributed by atoms with van der Waals surface area (Å²) in [4.78, 5) is 11.6. The lowest BCUT2D eigenvalue weighted by Gasteiger charge is -2.20. The second-order valence-electron chi connectivity index (χ2n) is 3.94. The van der Waals surface area contributed by atoms with Gasteiger partial charge in [0.15, 0.2) is 5.69 Å². The van der Waals surface area contributed by atoms with Crippen LogP contribution in [0.15, 0.2) is 6.20 Å². The number of carbonyl (C=O) groups is 1. The Balaban J connectivity index is 2.63. The van der Waals surface area contributed by atoms with Crippen LogP contribution in [0.3, 0.4) is 0 Å². The maximum absolute atomic E-state index is 11.6. The van der Waals surface area contributed by atoms with Gasteiger partial charge in [0.05, 0.1) is 12.3 Å². The average Bonchev–Trinajstić information content (AvgIpc) is 2.54. The average molecular weight is 228 g/mol. The van der Waals surface area contributed by atoms with E-state index in [4.69, 9.17) is 10.8 Å². The Labute approximate surface area is 92.9 Å². The number of amides is 1. The van der Waals surface area contributed by atoms with E-state index >= 15 is 0 Å². The Kier molecular flexibility index (Phi) is 3.51. The first kappa shape index (κ1) is 12.5. The lowest BCUT2D eigenvalue weighted by Crippen LogP contribution is -2.43. The Bertz CT molecular complexity index is 386. The zero-order valence-electron chi connectivity index (χ0n) is 9.27. The molecule has 0 saturated carbocycles. The fraction of sp³-hybridized carbons (Fsp3) is 0.556. The summed E-state index contributed by atoms with van der Waals surface area (Å²) < 4.78 is 1.43. The number of nitrogen functional groups attached to an aromatic ring is 1. The molecular weight excluding hydrogens is 212 g/mol. The number of hydrogen-bond acceptors (Lipinski definition) is 5. The number of aliphatic hydroxyl groups excluding tert-OH is 1. The van der Waals surface area contributed by atoms with Crippen LogP contribution in [-0.4, -0.2) is 44.7 Å². The fourth-order valence-electron chi connectivity index (χ4n) is 1.09. The second-order valence-corrected chi connectivity index (χ2v) is 3.94. The van der Waals surface area contributed by atoms with Gasteiger partial charge in [0.25, 0.3) is 5.91 Å². The third kappa shape index (κ3) is 2.94. The zero-order valence-corrected chi connectivity index (χ0v) is 9.27. The minimum Gasteiger partial charge on any atom is -0.396 e. The predicted octanol–water partition coefficient (Wildman–Crippen LogP) is -1.52. The fourth-order valence-corrected chi connectivity index (χ4v) is 1.09. The summed E-state index contributed by atoms with van der Waals surface area (Å²) in [6.07, 6.45) is 1.51. The molecule has 16 heavy (non-hydrogen) atoms. The largest absolute Gasteiger partial charge is 0.396 e. The van der Waals surface area contributed by atoms with E-state index in [0.29, 0.717) is 0 Å². The standard InChI is InChI=1S/C9H16N4O3/c1-9(16,5-14)4-11-8(15)7-6(10)3-13(2)12-7/h3,14,16H,4-5,10H2,1-2H3,(H,11,15). The van der Waals surface area contributed by atoms with Gasteiger partial charge >= 0.3 is 0 Å². The van der Waals surface area contributed by atoms with E-state index in [0.717, 1.165) is 0 Å². The molecule has 1 unspecified atom stereocenters. The van der Waals surface area contributed by atoms with E-state index in [1.807, 2.05) is 0 Å². The monoisotopic (exact) mass is 228 g/mol. The van der Waals surface area contributed by atoms with E-state index in [2.05, 4.69) is 10.4 Å². The molecule has 0 saturated heterocycles. The molecule has 1 aromatic heterocycles. The highest BCUT2D eigenvalue weighted by molar-refractivity contribution is 5.97. The Morgan fingerprint density at radius 3 is 2.81 bits per heavy atom. The minimum atomic E-state index is -1.35. The van der Waals surface area contributed by atoms with Crippen molar-refractivity contribution in [2.24, 2.45) is 7.05 Å². The number of nitrogens with two attached hydrogens (primary N) is 1. The Hall–Kier alpha value is -1.60. The molecule has 0 fully saturated rings. The molecule has 0 aromatic carbocycles. The van der Waals surface area contributed by atoms with Crippen molar-refractivity contribution in [3.63, 3.8) is 0 Å². The maximum atomic E-state index is 11.6. The molecule has 0 radical (unpaired) electrons. The van der Waals surface area contributed by atoms with Gasteiger partial charge in [-0.2, -0.15) is 5.10 Å². The van der Waals surface area contributed by atoms with Crippen LogP contribution in [0.2, 0.25) is 0 Å². The van der Waals surface area contributed by atoms with E-state index in [1.54, 1.807) is 7.05 Å². The molecule has 90 valence electrons. The summed E-state index contributed by atoms with van der Waals surface area (Å²) in [7, 11) is 1.65. The molecule has 0 aliphatic rings. The number of nitrogens with one attached hydrogen (secondary N) is 1. The highest BCUT2D eigenvalue weighted by Gasteiger charge is 2.21. The molecule has 7 nitrogen and oxygen atoms in total. The predicted molar refractivity (Wildman–Crippen MR) is 57.7 cm³/mol. The van der Waals surface area contributed by atoms with Crippen molar-refractivity contribution in [1.82, 2.24) is 15.1 Å². The summed E-state index contributed by atoms with van der Waals surface area (Å²) in [6, 6.07) is 0. The number of hydrogen-bond donors (Lipinski definition) is 4. The number of nitrogens with zero attached hydrogens (tertiary/aromatic N) is 2. The van der Waals surface area contributed by atoms with Crippen LogP contribution < -0.4 is 11.1 Å². The van der Waals surface area contributed by atoms with Gasteiger partial charge in [0, 0.05) is 19.8 Å². The van der Waals surface area contributed by atoms with Crippen molar-refractivity contribution in [2.75, 3.05) is 18.9 Å². The highest BCUT2D eigenvalue weighted by atomic mass is 16.3. The first-order valence-corrected chi connectivity index (χ1v) is 4.76. The third-order valence-corrected chi connectivity index (χ3v) is 2.04. The second kappa shape index (κ2) is 4.50. The number of anilines is 1. The lowest BCUT2D eigenvalue weighted by molar-refractivity contribution is 0.00316. The number of rotatable bonds is 4. The van der Waals surface area contributed by atoms with E-state index in [1.165, 1.54) is 17.8 Å². The number of aryl methyl sites for hydroxylation is 1. The molecule has 0 spiro atoms. The molecule has 1 heterocycles. The van der Waals surface area contributed by atoms with Gasteiger partial charge in [-0.15, -0.1) is 0 Å². The molecule has 0 aliphatic heterocycles. The molecule has 7 heteroatoms. The van der Waals surface area contributed by atoms with Crippen molar-refractivity contribution < 1.29 is 15.0 Å². The van der Waals surface area contributed by atoms with E-state index in [9.17, 15) is 9.90 Å². The van der Waals surface area contributed by atoms with Gasteiger partial charge in [-0.25, -0.2) is 0 Å². The third-order valence-electron chi connectivity index (χ3n) is 2.04. The molecule has 0 aliphatic carbocycles. The quantitative estimate of drug-likeness (QED) is 0.499. The summed E-state index contributed by atoms with van der Waals surface area (Å²) in [5.41, 5.74) is 4.58. The molecule has 5 N–H and O–H groups in total. The Morgan fingerprint density at radius 1 is 1.75 bits per heavy atom. The van der Waals surface area contributed by atoms with E-state index in [-0.39, 0.29) is 17.9 Å². The topological polar surface area (TPSA) is 113 Å². The first-order chi connectivity index (χ1) is 7.35. The number of aromatic nitrogens is 2. The molecular formula is C9H16N4O3. The number of aliphatic hydroxyl groups is 2. The van der Waals surface area contributed by atoms with Crippen LogP contribution in [0.1, 0.15) is 17.4 Å². The molecule has 1 atom stereocenters. The van der Waals surface area contributed by atoms with Crippen molar-refractivity contribution in [1.29, 1.82) is 0 Å². The lowest BCUT2D eigenvalue weighted by atomic mass is 10.1. The van der Waals surface area contributed by atoms with Crippen molar-refractivity contribution in [3.8, 4) is 0 Å². The van der Waals surface area contributed by atoms with Gasteiger partial charge in [0.1, 0.15) is 5.60 Å². The van der Waals surface area contributed by atoms with Gasteiger partial charge in [0.2, 0.25) is 0 Å². The van der Waals surface area contributed by atoms with Crippen LogP contribution in [-0.2, 0) is 7.05 Å². The van der Waals surface area contributed by atoms with Gasteiger partial charge in [-0.1, -0.05) is 0 Å². The normalized spacial score (nSPS) is 14.5. The smallest absolute Gasteiger partial charge is 0.274 e. The summed E-state index contributed by atoms with van der Waals surface area (Å²) >= 11 is 0. The summed E-state index contributed by atoms with van der Waals surface area (Å²) in [6.45, 7) is 0.901. The summed E-state index contributed by atoms with van der Waals surface area (Å²) in [5.74, 6) is -0.480. The van der Waals surface area contributed by atoms with Crippen molar-refractivity contribution in [2.45, 2.75) is 12.5 Å².